The van der Waals surface area contributed by atoms with E-state index in [1.807, 2.05) is 18.3 Å². The highest BCUT2D eigenvalue weighted by atomic mass is 16.5. The number of primary amides is 1. The van der Waals surface area contributed by atoms with Crippen molar-refractivity contribution in [3.8, 4) is 17.1 Å². The molecule has 0 bridgehead atoms. The van der Waals surface area contributed by atoms with Crippen molar-refractivity contribution < 1.29 is 9.53 Å². The van der Waals surface area contributed by atoms with Crippen molar-refractivity contribution >= 4 is 22.6 Å². The molecule has 26 heavy (non-hydrogen) atoms. The maximum absolute atomic E-state index is 11.8. The van der Waals surface area contributed by atoms with E-state index in [1.54, 1.807) is 6.20 Å². The van der Waals surface area contributed by atoms with E-state index in [9.17, 15) is 4.79 Å². The summed E-state index contributed by atoms with van der Waals surface area (Å²) in [5.74, 6) is 1.65. The molecule has 1 aromatic carbocycles. The number of imidazole rings is 1. The monoisotopic (exact) mass is 352 g/mol. The lowest BCUT2D eigenvalue weighted by Crippen LogP contribution is -2.37. The van der Waals surface area contributed by atoms with Crippen LogP contribution >= 0.6 is 0 Å². The lowest BCUT2D eigenvalue weighted by atomic mass is 10.1. The minimum atomic E-state index is -0.346. The summed E-state index contributed by atoms with van der Waals surface area (Å²) in [7, 11) is 0. The van der Waals surface area contributed by atoms with Gasteiger partial charge in [0.1, 0.15) is 23.1 Å². The lowest BCUT2D eigenvalue weighted by molar-refractivity contribution is -0.119. The number of H-pyrrole nitrogens is 1. The van der Waals surface area contributed by atoms with Crippen molar-refractivity contribution in [2.45, 2.75) is 31.8 Å². The molecule has 0 spiro atoms. The smallest absolute Gasteiger partial charge is 0.240 e. The summed E-state index contributed by atoms with van der Waals surface area (Å²) in [6.07, 6.45) is 6.58. The molecule has 2 aliphatic rings. The van der Waals surface area contributed by atoms with Gasteiger partial charge in [-0.1, -0.05) is 0 Å². The van der Waals surface area contributed by atoms with Gasteiger partial charge in [0.05, 0.1) is 23.9 Å². The molecule has 1 aliphatic carbocycles. The van der Waals surface area contributed by atoms with Crippen LogP contribution in [0.3, 0.4) is 0 Å². The number of carbonyl (C=O) groups excluding carboxylic acids is 1. The highest BCUT2D eigenvalue weighted by Crippen LogP contribution is 2.38. The Morgan fingerprint density at radius 1 is 1.42 bits per heavy atom. The lowest BCUT2D eigenvalue weighted by Gasteiger charge is -2.17. The van der Waals surface area contributed by atoms with E-state index in [0.717, 1.165) is 59.7 Å². The third kappa shape index (κ3) is 2.49. The number of nitrogens with zero attached hydrogens (tertiary/aromatic N) is 3. The minimum Gasteiger partial charge on any atom is -0.491 e. The molecular weight excluding hydrogens is 332 g/mol. The normalized spacial score (nSPS) is 17.5. The van der Waals surface area contributed by atoms with Gasteiger partial charge < -0.3 is 20.4 Å². The van der Waals surface area contributed by atoms with Crippen LogP contribution in [0.5, 0.6) is 5.75 Å². The number of nitrogens with two attached hydrogens (primary N) is 1. The molecule has 0 saturated heterocycles. The van der Waals surface area contributed by atoms with Crippen molar-refractivity contribution in [1.29, 1.82) is 0 Å². The zero-order valence-electron chi connectivity index (χ0n) is 14.2. The minimum absolute atomic E-state index is 0.316. The van der Waals surface area contributed by atoms with Crippen molar-refractivity contribution in [2.75, 3.05) is 11.9 Å². The number of aromatic amines is 1. The van der Waals surface area contributed by atoms with E-state index in [0.29, 0.717) is 12.5 Å². The molecule has 4 N–H and O–H groups in total. The zero-order chi connectivity index (χ0) is 17.7. The van der Waals surface area contributed by atoms with Crippen molar-refractivity contribution in [1.82, 2.24) is 19.7 Å². The standard InChI is InChI=1S/C18H20N6O2/c19-17(25)15(10-2-3-10)22-12-6-13-16-14(7-12)26-5-1-4-24(16)18(23-13)11-8-20-21-9-11/h6-10,15,22H,1-5H2,(H2,19,25)(H,20,21)/t15-/m0/s1. The van der Waals surface area contributed by atoms with Crippen LogP contribution in [0.4, 0.5) is 5.69 Å². The average Bonchev–Trinajstić information content (AvgIpc) is 3.24. The van der Waals surface area contributed by atoms with Gasteiger partial charge in [0.15, 0.2) is 0 Å². The Morgan fingerprint density at radius 3 is 3.04 bits per heavy atom. The maximum Gasteiger partial charge on any atom is 0.240 e. The van der Waals surface area contributed by atoms with Crippen LogP contribution < -0.4 is 15.8 Å². The van der Waals surface area contributed by atoms with E-state index in [1.165, 1.54) is 0 Å². The number of anilines is 1. The molecule has 1 atom stereocenters. The first-order valence-corrected chi connectivity index (χ1v) is 8.93. The van der Waals surface area contributed by atoms with Crippen LogP contribution in [0.2, 0.25) is 0 Å². The summed E-state index contributed by atoms with van der Waals surface area (Å²) in [4.78, 5) is 16.6. The average molecular weight is 352 g/mol. The summed E-state index contributed by atoms with van der Waals surface area (Å²) in [6.45, 7) is 1.48. The molecule has 1 amide bonds. The number of benzene rings is 1. The quantitative estimate of drug-likeness (QED) is 0.649. The van der Waals surface area contributed by atoms with Crippen molar-refractivity contribution in [3.63, 3.8) is 0 Å². The molecule has 1 fully saturated rings. The van der Waals surface area contributed by atoms with Gasteiger partial charge in [0.25, 0.3) is 0 Å². The Labute approximate surface area is 149 Å². The van der Waals surface area contributed by atoms with Gasteiger partial charge in [-0.05, 0) is 31.2 Å². The molecule has 3 aromatic rings. The fraction of sp³-hybridized carbons (Fsp3) is 0.389. The second-order valence-electron chi connectivity index (χ2n) is 6.98. The van der Waals surface area contributed by atoms with E-state index >= 15 is 0 Å². The number of carbonyl (C=O) groups is 1. The van der Waals surface area contributed by atoms with E-state index < -0.39 is 0 Å². The second-order valence-corrected chi connectivity index (χ2v) is 6.98. The Morgan fingerprint density at radius 2 is 2.31 bits per heavy atom. The number of rotatable bonds is 5. The molecule has 0 unspecified atom stereocenters. The van der Waals surface area contributed by atoms with Gasteiger partial charge >= 0.3 is 0 Å². The summed E-state index contributed by atoms with van der Waals surface area (Å²) in [5.41, 5.74) is 9.14. The molecule has 2 aromatic heterocycles. The fourth-order valence-electron chi connectivity index (χ4n) is 3.67. The number of aromatic nitrogens is 4. The number of hydrogen-bond acceptors (Lipinski definition) is 5. The molecule has 8 heteroatoms. The third-order valence-electron chi connectivity index (χ3n) is 5.07. The Balaban J connectivity index is 1.62. The van der Waals surface area contributed by atoms with E-state index in [2.05, 4.69) is 20.1 Å². The maximum atomic E-state index is 11.8. The molecule has 0 radical (unpaired) electrons. The van der Waals surface area contributed by atoms with Crippen molar-refractivity contribution in [3.05, 3.63) is 24.5 Å². The number of hydrogen-bond donors (Lipinski definition) is 3. The molecule has 3 heterocycles. The predicted molar refractivity (Wildman–Crippen MR) is 96.8 cm³/mol. The first-order chi connectivity index (χ1) is 12.7. The Kier molecular flexibility index (Phi) is 3.37. The topological polar surface area (TPSA) is 111 Å². The summed E-state index contributed by atoms with van der Waals surface area (Å²) < 4.78 is 8.15. The van der Waals surface area contributed by atoms with Crippen LogP contribution in [0, 0.1) is 5.92 Å². The molecular formula is C18H20N6O2. The molecule has 1 saturated carbocycles. The number of aryl methyl sites for hydroxylation is 1. The van der Waals surface area contributed by atoms with Gasteiger partial charge in [0, 0.05) is 24.5 Å². The fourth-order valence-corrected chi connectivity index (χ4v) is 3.67. The number of ether oxygens (including phenoxy) is 1. The predicted octanol–water partition coefficient (Wildman–Crippen LogP) is 1.88. The zero-order valence-corrected chi connectivity index (χ0v) is 14.2. The Hall–Kier alpha value is -3.03. The van der Waals surface area contributed by atoms with Crippen molar-refractivity contribution in [2.24, 2.45) is 11.7 Å². The van der Waals surface area contributed by atoms with Crippen LogP contribution in [0.1, 0.15) is 19.3 Å². The van der Waals surface area contributed by atoms with Gasteiger partial charge in [-0.2, -0.15) is 5.10 Å². The molecule has 8 nitrogen and oxygen atoms in total. The number of amides is 1. The second kappa shape index (κ2) is 5.76. The third-order valence-corrected chi connectivity index (χ3v) is 5.07. The SMILES string of the molecule is NC(=O)[C@@H](Nc1cc2c3c(c1)nc(-c1cn[nH]c1)n3CCCO2)C1CC1. The van der Waals surface area contributed by atoms with Crippen LogP contribution in [0.15, 0.2) is 24.5 Å². The van der Waals surface area contributed by atoms with Crippen LogP contribution in [0.25, 0.3) is 22.4 Å². The van der Waals surface area contributed by atoms with Gasteiger partial charge in [-0.25, -0.2) is 4.98 Å². The molecule has 134 valence electrons. The summed E-state index contributed by atoms with van der Waals surface area (Å²) in [6, 6.07) is 3.57. The molecule has 1 aliphatic heterocycles. The largest absolute Gasteiger partial charge is 0.491 e. The van der Waals surface area contributed by atoms with Crippen LogP contribution in [-0.4, -0.2) is 38.3 Å². The van der Waals surface area contributed by atoms with Crippen LogP contribution in [-0.2, 0) is 11.3 Å². The summed E-state index contributed by atoms with van der Waals surface area (Å²) in [5, 5.41) is 10.2. The first-order valence-electron chi connectivity index (χ1n) is 8.93. The van der Waals surface area contributed by atoms with Gasteiger partial charge in [-0.3, -0.25) is 9.89 Å². The highest BCUT2D eigenvalue weighted by Gasteiger charge is 2.35. The summed E-state index contributed by atoms with van der Waals surface area (Å²) >= 11 is 0. The Bertz CT molecular complexity index is 973. The van der Waals surface area contributed by atoms with Gasteiger partial charge in [-0.15, -0.1) is 0 Å². The highest BCUT2D eigenvalue weighted by molar-refractivity contribution is 5.91. The van der Waals surface area contributed by atoms with E-state index in [4.69, 9.17) is 15.5 Å². The number of nitrogens with one attached hydrogen (secondary N) is 2. The molecule has 5 rings (SSSR count). The van der Waals surface area contributed by atoms with E-state index in [-0.39, 0.29) is 11.9 Å². The first kappa shape index (κ1) is 15.2. The van der Waals surface area contributed by atoms with Gasteiger partial charge in [0.2, 0.25) is 5.91 Å².